The number of nitrogens with zero attached hydrogens (tertiary/aromatic N) is 3. The lowest BCUT2D eigenvalue weighted by molar-refractivity contribution is -0.384. The molecule has 0 aliphatic rings. The van der Waals surface area contributed by atoms with E-state index >= 15 is 0 Å². The van der Waals surface area contributed by atoms with E-state index in [-0.39, 0.29) is 10.9 Å². The number of nitro benzene ring substituents is 1. The molecule has 1 unspecified atom stereocenters. The number of nitro groups is 1. The van der Waals surface area contributed by atoms with Crippen LogP contribution < -0.4 is 0 Å². The van der Waals surface area contributed by atoms with Gasteiger partial charge < -0.3 is 0 Å². The molecule has 0 spiro atoms. The number of hydrogen-bond acceptors (Lipinski definition) is 6. The number of benzene rings is 2. The van der Waals surface area contributed by atoms with Gasteiger partial charge in [-0.3, -0.25) is 10.1 Å². The maximum Gasteiger partial charge on any atom is 0.270 e. The van der Waals surface area contributed by atoms with E-state index < -0.39 is 4.92 Å². The highest BCUT2D eigenvalue weighted by atomic mass is 32.1. The molecule has 0 saturated carbocycles. The smallest absolute Gasteiger partial charge is 0.258 e. The Balaban J connectivity index is 1.98. The van der Waals surface area contributed by atoms with Gasteiger partial charge in [0.15, 0.2) is 0 Å². The molecule has 0 N–H and O–H groups in total. The third kappa shape index (κ3) is 2.66. The molecule has 0 fully saturated rings. The van der Waals surface area contributed by atoms with Gasteiger partial charge in [-0.05, 0) is 23.8 Å². The highest BCUT2D eigenvalue weighted by molar-refractivity contribution is 7.81. The Hall–Kier alpha value is -2.43. The topological polar surface area (TPSA) is 79.8 Å². The lowest BCUT2D eigenvalue weighted by Crippen LogP contribution is -1.92. The van der Waals surface area contributed by atoms with Gasteiger partial charge in [0.25, 0.3) is 5.69 Å². The summed E-state index contributed by atoms with van der Waals surface area (Å²) in [5, 5.41) is 20.2. The Bertz CT molecular complexity index is 897. The lowest BCUT2D eigenvalue weighted by Gasteiger charge is -2.07. The van der Waals surface area contributed by atoms with Crippen molar-refractivity contribution >= 4 is 39.9 Å². The van der Waals surface area contributed by atoms with Gasteiger partial charge in [-0.25, -0.2) is 4.98 Å². The molecule has 3 rings (SSSR count). The van der Waals surface area contributed by atoms with Crippen molar-refractivity contribution in [3.8, 4) is 6.07 Å². The minimum atomic E-state index is -0.419. The van der Waals surface area contributed by atoms with Crippen LogP contribution in [0.15, 0.2) is 42.5 Å². The number of rotatable bonds is 3. The molecule has 0 saturated heterocycles. The fourth-order valence-electron chi connectivity index (χ4n) is 2.04. The van der Waals surface area contributed by atoms with Crippen LogP contribution in [0.25, 0.3) is 10.2 Å². The first-order valence-corrected chi connectivity index (χ1v) is 7.65. The van der Waals surface area contributed by atoms with Gasteiger partial charge in [0.05, 0.1) is 32.0 Å². The van der Waals surface area contributed by atoms with E-state index in [9.17, 15) is 10.1 Å². The third-order valence-electron chi connectivity index (χ3n) is 3.19. The Morgan fingerprint density at radius 2 is 2.00 bits per heavy atom. The number of fused-ring (bicyclic) bond motifs is 1. The summed E-state index contributed by atoms with van der Waals surface area (Å²) in [7, 11) is 0. The van der Waals surface area contributed by atoms with E-state index in [1.165, 1.54) is 23.5 Å². The van der Waals surface area contributed by atoms with Crippen molar-refractivity contribution in [2.75, 3.05) is 0 Å². The first-order valence-electron chi connectivity index (χ1n) is 6.31. The minimum absolute atomic E-state index is 0.0526. The van der Waals surface area contributed by atoms with Crippen LogP contribution in [-0.2, 0) is 0 Å². The first kappa shape index (κ1) is 14.5. The maximum absolute atomic E-state index is 10.8. The highest BCUT2D eigenvalue weighted by Crippen LogP contribution is 2.35. The van der Waals surface area contributed by atoms with Crippen molar-refractivity contribution in [3.63, 3.8) is 0 Å². The van der Waals surface area contributed by atoms with Gasteiger partial charge >= 0.3 is 0 Å². The highest BCUT2D eigenvalue weighted by Gasteiger charge is 2.16. The summed E-state index contributed by atoms with van der Waals surface area (Å²) in [4.78, 5) is 14.9. The molecule has 2 aromatic carbocycles. The quantitative estimate of drug-likeness (QED) is 0.446. The van der Waals surface area contributed by atoms with Gasteiger partial charge in [-0.15, -0.1) is 11.3 Å². The number of hydrogen-bond donors (Lipinski definition) is 1. The van der Waals surface area contributed by atoms with Crippen molar-refractivity contribution in [2.24, 2.45) is 0 Å². The normalized spacial score (nSPS) is 12.0. The maximum atomic E-state index is 10.8. The van der Waals surface area contributed by atoms with E-state index in [1.807, 2.05) is 12.1 Å². The van der Waals surface area contributed by atoms with Crippen molar-refractivity contribution in [3.05, 3.63) is 68.7 Å². The zero-order chi connectivity index (χ0) is 15.7. The molecule has 0 radical (unpaired) electrons. The van der Waals surface area contributed by atoms with Crippen LogP contribution in [0, 0.1) is 21.4 Å². The minimum Gasteiger partial charge on any atom is -0.258 e. The monoisotopic (exact) mass is 327 g/mol. The van der Waals surface area contributed by atoms with Crippen molar-refractivity contribution < 1.29 is 4.92 Å². The largest absolute Gasteiger partial charge is 0.270 e. The van der Waals surface area contributed by atoms with Crippen LogP contribution in [0.2, 0.25) is 0 Å². The molecule has 5 nitrogen and oxygen atoms in total. The Labute approximate surface area is 135 Å². The van der Waals surface area contributed by atoms with Gasteiger partial charge in [0.1, 0.15) is 5.01 Å². The molecule has 1 atom stereocenters. The van der Waals surface area contributed by atoms with Gasteiger partial charge in [-0.1, -0.05) is 12.1 Å². The lowest BCUT2D eigenvalue weighted by atomic mass is 10.1. The van der Waals surface area contributed by atoms with Crippen LogP contribution in [-0.4, -0.2) is 9.91 Å². The fraction of sp³-hybridized carbons (Fsp3) is 0.0667. The first-order chi connectivity index (χ1) is 10.6. The zero-order valence-electron chi connectivity index (χ0n) is 11.1. The Kier molecular flexibility index (Phi) is 3.79. The molecule has 0 aliphatic carbocycles. The molecular weight excluding hydrogens is 318 g/mol. The third-order valence-corrected chi connectivity index (χ3v) is 4.99. The molecule has 0 aliphatic heterocycles. The van der Waals surface area contributed by atoms with E-state index in [1.54, 1.807) is 18.2 Å². The summed E-state index contributed by atoms with van der Waals surface area (Å²) < 4.78 is 0.761. The second-order valence-corrected chi connectivity index (χ2v) is 6.18. The summed E-state index contributed by atoms with van der Waals surface area (Å²) in [6.45, 7) is 0. The van der Waals surface area contributed by atoms with E-state index in [4.69, 9.17) is 5.26 Å². The molecule has 22 heavy (non-hydrogen) atoms. The molecule has 1 heterocycles. The van der Waals surface area contributed by atoms with Gasteiger partial charge in [0.2, 0.25) is 0 Å². The second kappa shape index (κ2) is 5.75. The van der Waals surface area contributed by atoms with Crippen LogP contribution in [0.4, 0.5) is 5.69 Å². The number of aromatic nitrogens is 1. The van der Waals surface area contributed by atoms with E-state index in [0.717, 1.165) is 20.8 Å². The SMILES string of the molecule is N#Cc1ccc(C(S)c2nc3ccc([N+](=O)[O-])cc3s2)cc1. The molecular formula is C15H9N3O2S2. The predicted octanol–water partition coefficient (Wildman–Crippen LogP) is 4.10. The van der Waals surface area contributed by atoms with Gasteiger partial charge in [-0.2, -0.15) is 17.9 Å². The molecule has 0 bridgehead atoms. The van der Waals surface area contributed by atoms with E-state index in [2.05, 4.69) is 23.7 Å². The van der Waals surface area contributed by atoms with Crippen LogP contribution in [0.5, 0.6) is 0 Å². The standard InChI is InChI=1S/C15H9N3O2S2/c16-8-9-1-3-10(4-2-9)14(21)15-17-12-6-5-11(18(19)20)7-13(12)22-15/h1-7,14,21H. The molecule has 0 amide bonds. The summed E-state index contributed by atoms with van der Waals surface area (Å²) in [5.74, 6) is 0. The van der Waals surface area contributed by atoms with Gasteiger partial charge in [0, 0.05) is 12.1 Å². The Morgan fingerprint density at radius 3 is 2.64 bits per heavy atom. The average Bonchev–Trinajstić information content (AvgIpc) is 2.97. The Morgan fingerprint density at radius 1 is 1.27 bits per heavy atom. The van der Waals surface area contributed by atoms with Crippen LogP contribution in [0.3, 0.4) is 0 Å². The number of thiazole rings is 1. The number of nitriles is 1. The summed E-state index contributed by atoms with van der Waals surface area (Å²) in [6, 6.07) is 13.8. The zero-order valence-corrected chi connectivity index (χ0v) is 12.8. The van der Waals surface area contributed by atoms with Crippen molar-refractivity contribution in [2.45, 2.75) is 5.25 Å². The molecule has 108 valence electrons. The molecule has 3 aromatic rings. The average molecular weight is 327 g/mol. The summed E-state index contributed by atoms with van der Waals surface area (Å²) >= 11 is 5.97. The molecule has 7 heteroatoms. The van der Waals surface area contributed by atoms with Crippen molar-refractivity contribution in [1.82, 2.24) is 4.98 Å². The van der Waals surface area contributed by atoms with Crippen LogP contribution in [0.1, 0.15) is 21.4 Å². The predicted molar refractivity (Wildman–Crippen MR) is 88.3 cm³/mol. The second-order valence-electron chi connectivity index (χ2n) is 4.60. The van der Waals surface area contributed by atoms with E-state index in [0.29, 0.717) is 5.56 Å². The number of thiol groups is 1. The summed E-state index contributed by atoms with van der Waals surface area (Å²) in [6.07, 6.45) is 0. The fourth-order valence-corrected chi connectivity index (χ4v) is 3.45. The number of non-ortho nitro benzene ring substituents is 1. The van der Waals surface area contributed by atoms with Crippen molar-refractivity contribution in [1.29, 1.82) is 5.26 Å². The molecule has 1 aromatic heterocycles. The van der Waals surface area contributed by atoms with Crippen LogP contribution >= 0.6 is 24.0 Å². The summed E-state index contributed by atoms with van der Waals surface area (Å²) in [5.41, 5.74) is 2.29.